The molecule has 3 aromatic rings. The normalized spacial score (nSPS) is 21.3. The number of rotatable bonds is 2. The Labute approximate surface area is 162 Å². The van der Waals surface area contributed by atoms with E-state index in [4.69, 9.17) is 15.6 Å². The van der Waals surface area contributed by atoms with Crippen molar-refractivity contribution in [2.75, 3.05) is 18.8 Å². The first-order chi connectivity index (χ1) is 13.6. The molecule has 0 aromatic carbocycles. The van der Waals surface area contributed by atoms with Crippen LogP contribution in [0.15, 0.2) is 30.9 Å². The second-order valence-corrected chi connectivity index (χ2v) is 7.40. The van der Waals surface area contributed by atoms with Crippen LogP contribution < -0.4 is 5.73 Å². The number of piperidine rings is 1. The average molecular weight is 381 g/mol. The number of hydrogen-bond acceptors (Lipinski definition) is 7. The second-order valence-electron chi connectivity index (χ2n) is 7.40. The molecule has 9 heteroatoms. The molecule has 0 saturated carbocycles. The number of nitrogens with two attached hydrogens (primary N) is 1. The van der Waals surface area contributed by atoms with Gasteiger partial charge < -0.3 is 10.8 Å². The van der Waals surface area contributed by atoms with Gasteiger partial charge in [-0.3, -0.25) is 9.69 Å². The molecule has 1 aliphatic heterocycles. The van der Waals surface area contributed by atoms with Crippen molar-refractivity contribution < 1.29 is 9.90 Å². The molecule has 4 heterocycles. The number of carbonyl (C=O) groups is 1. The predicted molar refractivity (Wildman–Crippen MR) is 103 cm³/mol. The maximum Gasteiger partial charge on any atom is 0.290 e. The van der Waals surface area contributed by atoms with Gasteiger partial charge in [-0.05, 0) is 55.5 Å². The Morgan fingerprint density at radius 3 is 3.04 bits per heavy atom. The number of carboxylic acid groups (broad SMARTS) is 1. The third kappa shape index (κ3) is 3.40. The highest BCUT2D eigenvalue weighted by Crippen LogP contribution is 2.44. The van der Waals surface area contributed by atoms with Gasteiger partial charge in [0.05, 0.1) is 5.69 Å². The number of nitrogen functional groups attached to an aromatic ring is 1. The van der Waals surface area contributed by atoms with E-state index in [0.717, 1.165) is 38.1 Å². The van der Waals surface area contributed by atoms with Crippen LogP contribution in [0.3, 0.4) is 0 Å². The Balaban J connectivity index is 0.000000604. The highest BCUT2D eigenvalue weighted by atomic mass is 16.3. The van der Waals surface area contributed by atoms with Crippen molar-refractivity contribution in [1.82, 2.24) is 29.5 Å². The molecule has 1 spiro atoms. The first-order valence-electron chi connectivity index (χ1n) is 9.34. The molecule has 1 atom stereocenters. The minimum atomic E-state index is -0.250. The van der Waals surface area contributed by atoms with Crippen molar-refractivity contribution in [2.24, 2.45) is 0 Å². The van der Waals surface area contributed by atoms with Crippen LogP contribution in [0.1, 0.15) is 36.1 Å². The van der Waals surface area contributed by atoms with E-state index in [-0.39, 0.29) is 11.9 Å². The molecular formula is C19H23N7O2. The molecule has 0 bridgehead atoms. The lowest BCUT2D eigenvalue weighted by Gasteiger charge is -2.40. The summed E-state index contributed by atoms with van der Waals surface area (Å²) >= 11 is 0. The zero-order valence-electron chi connectivity index (χ0n) is 15.5. The second kappa shape index (κ2) is 7.51. The number of fused-ring (bicyclic) bond motifs is 3. The highest BCUT2D eigenvalue weighted by Gasteiger charge is 2.43. The largest absolute Gasteiger partial charge is 0.483 e. The molecule has 1 aliphatic carbocycles. The molecule has 5 rings (SSSR count). The third-order valence-electron chi connectivity index (χ3n) is 5.67. The van der Waals surface area contributed by atoms with Gasteiger partial charge in [-0.25, -0.2) is 19.5 Å². The van der Waals surface area contributed by atoms with Crippen LogP contribution in [-0.2, 0) is 23.2 Å². The van der Waals surface area contributed by atoms with E-state index >= 15 is 0 Å². The smallest absolute Gasteiger partial charge is 0.290 e. The average Bonchev–Trinajstić information content (AvgIpc) is 3.28. The lowest BCUT2D eigenvalue weighted by Crippen LogP contribution is -2.45. The van der Waals surface area contributed by atoms with Gasteiger partial charge in [0.1, 0.15) is 6.33 Å². The lowest BCUT2D eigenvalue weighted by molar-refractivity contribution is -0.122. The van der Waals surface area contributed by atoms with Gasteiger partial charge in [0.25, 0.3) is 6.47 Å². The minimum Gasteiger partial charge on any atom is -0.483 e. The number of likely N-dealkylation sites (tertiary alicyclic amines) is 1. The van der Waals surface area contributed by atoms with E-state index in [0.29, 0.717) is 5.95 Å². The van der Waals surface area contributed by atoms with E-state index in [2.05, 4.69) is 37.1 Å². The van der Waals surface area contributed by atoms with Crippen molar-refractivity contribution in [3.8, 4) is 0 Å². The summed E-state index contributed by atoms with van der Waals surface area (Å²) in [5.41, 5.74) is 10.7. The van der Waals surface area contributed by atoms with Gasteiger partial charge in [0.2, 0.25) is 5.95 Å². The number of aryl methyl sites for hydroxylation is 1. The molecule has 1 fully saturated rings. The molecule has 0 amide bonds. The SMILES string of the molecule is Nc1ncc2c(n1)C1(CCCN(Cc3ccn4ncnc4c3)C1)CC2.O=CO. The van der Waals surface area contributed by atoms with E-state index in [1.165, 1.54) is 29.7 Å². The molecular weight excluding hydrogens is 358 g/mol. The first-order valence-corrected chi connectivity index (χ1v) is 9.34. The van der Waals surface area contributed by atoms with E-state index in [1.54, 1.807) is 10.8 Å². The van der Waals surface area contributed by atoms with Crippen LogP contribution in [0, 0.1) is 0 Å². The summed E-state index contributed by atoms with van der Waals surface area (Å²) < 4.78 is 1.80. The number of aromatic nitrogens is 5. The Kier molecular flexibility index (Phi) is 4.91. The minimum absolute atomic E-state index is 0.142. The van der Waals surface area contributed by atoms with Gasteiger partial charge in [-0.15, -0.1) is 0 Å². The first kappa shape index (κ1) is 18.3. The van der Waals surface area contributed by atoms with Gasteiger partial charge in [0.15, 0.2) is 5.65 Å². The van der Waals surface area contributed by atoms with Crippen LogP contribution in [0.4, 0.5) is 5.95 Å². The van der Waals surface area contributed by atoms with Gasteiger partial charge in [-0.2, -0.15) is 5.10 Å². The molecule has 1 saturated heterocycles. The number of anilines is 1. The summed E-state index contributed by atoms with van der Waals surface area (Å²) in [4.78, 5) is 24.0. The van der Waals surface area contributed by atoms with Crippen LogP contribution in [-0.4, -0.2) is 54.1 Å². The van der Waals surface area contributed by atoms with Gasteiger partial charge in [0, 0.05) is 30.9 Å². The molecule has 1 unspecified atom stereocenters. The fourth-order valence-electron chi connectivity index (χ4n) is 4.53. The monoisotopic (exact) mass is 381 g/mol. The van der Waals surface area contributed by atoms with Crippen LogP contribution in [0.25, 0.3) is 5.65 Å². The summed E-state index contributed by atoms with van der Waals surface area (Å²) in [6.07, 6.45) is 10.1. The standard InChI is InChI=1S/C18H21N7.CH2O2/c19-17-20-9-14-2-5-18(16(14)23-17)4-1-6-24(11-18)10-13-3-7-25-15(8-13)21-12-22-25;2-1-3/h3,7-9,12H,1-2,4-6,10-11H2,(H2,19,20,23);1H,(H,2,3). The summed E-state index contributed by atoms with van der Waals surface area (Å²) in [5, 5.41) is 11.1. The Morgan fingerprint density at radius 2 is 2.18 bits per heavy atom. The van der Waals surface area contributed by atoms with Crippen LogP contribution >= 0.6 is 0 Å². The summed E-state index contributed by atoms with van der Waals surface area (Å²) in [6, 6.07) is 4.25. The number of pyridine rings is 1. The topological polar surface area (TPSA) is 123 Å². The molecule has 3 aromatic heterocycles. The van der Waals surface area contributed by atoms with Crippen LogP contribution in [0.5, 0.6) is 0 Å². The van der Waals surface area contributed by atoms with E-state index in [1.807, 2.05) is 12.4 Å². The molecule has 146 valence electrons. The van der Waals surface area contributed by atoms with Gasteiger partial charge >= 0.3 is 0 Å². The van der Waals surface area contributed by atoms with Gasteiger partial charge in [-0.1, -0.05) is 0 Å². The lowest BCUT2D eigenvalue weighted by atomic mass is 9.77. The third-order valence-corrected chi connectivity index (χ3v) is 5.67. The van der Waals surface area contributed by atoms with E-state index < -0.39 is 0 Å². The summed E-state index contributed by atoms with van der Waals surface area (Å²) in [5.74, 6) is 0.398. The molecule has 0 radical (unpaired) electrons. The quantitative estimate of drug-likeness (QED) is 0.637. The maximum absolute atomic E-state index is 8.36. The van der Waals surface area contributed by atoms with Crippen molar-refractivity contribution >= 4 is 18.1 Å². The van der Waals surface area contributed by atoms with Crippen molar-refractivity contribution in [1.29, 1.82) is 0 Å². The zero-order chi connectivity index (χ0) is 19.6. The Morgan fingerprint density at radius 1 is 1.32 bits per heavy atom. The maximum atomic E-state index is 8.36. The Bertz CT molecular complexity index is 985. The number of nitrogens with zero attached hydrogens (tertiary/aromatic N) is 6. The number of hydrogen-bond donors (Lipinski definition) is 2. The van der Waals surface area contributed by atoms with Crippen molar-refractivity contribution in [3.05, 3.63) is 47.7 Å². The zero-order valence-corrected chi connectivity index (χ0v) is 15.5. The van der Waals surface area contributed by atoms with Crippen molar-refractivity contribution in [3.63, 3.8) is 0 Å². The highest BCUT2D eigenvalue weighted by molar-refractivity contribution is 5.40. The predicted octanol–water partition coefficient (Wildman–Crippen LogP) is 1.28. The van der Waals surface area contributed by atoms with E-state index in [9.17, 15) is 0 Å². The summed E-state index contributed by atoms with van der Waals surface area (Å²) in [6.45, 7) is 2.84. The van der Waals surface area contributed by atoms with Crippen molar-refractivity contribution in [2.45, 2.75) is 37.6 Å². The molecule has 3 N–H and O–H groups in total. The molecule has 28 heavy (non-hydrogen) atoms. The fraction of sp³-hybridized carbons (Fsp3) is 0.421. The van der Waals surface area contributed by atoms with Crippen LogP contribution in [0.2, 0.25) is 0 Å². The Hall–Kier alpha value is -3.07. The fourth-order valence-corrected chi connectivity index (χ4v) is 4.53. The molecule has 9 nitrogen and oxygen atoms in total. The summed E-state index contributed by atoms with van der Waals surface area (Å²) in [7, 11) is 0. The molecule has 2 aliphatic rings.